The lowest BCUT2D eigenvalue weighted by atomic mass is 10.1. The Hall–Kier alpha value is -1.36. The van der Waals surface area contributed by atoms with Gasteiger partial charge in [-0.3, -0.25) is 0 Å². The van der Waals surface area contributed by atoms with Crippen LogP contribution >= 0.6 is 11.6 Å². The van der Waals surface area contributed by atoms with Gasteiger partial charge in [-0.25, -0.2) is 4.98 Å². The first-order chi connectivity index (χ1) is 8.65. The maximum absolute atomic E-state index is 5.95. The fourth-order valence-electron chi connectivity index (χ4n) is 1.89. The molecule has 2 aromatic rings. The van der Waals surface area contributed by atoms with Crippen molar-refractivity contribution in [2.45, 2.75) is 27.2 Å². The summed E-state index contributed by atoms with van der Waals surface area (Å²) in [5, 5.41) is 0.243. The van der Waals surface area contributed by atoms with Crippen molar-refractivity contribution in [3.05, 3.63) is 11.6 Å². The van der Waals surface area contributed by atoms with Crippen molar-refractivity contribution in [3.8, 4) is 0 Å². The number of fused-ring (bicyclic) bond motifs is 1. The molecule has 1 atom stereocenters. The molecule has 98 valence electrons. The topological polar surface area (TPSA) is 57.7 Å². The van der Waals surface area contributed by atoms with Crippen molar-refractivity contribution in [3.63, 3.8) is 0 Å². The number of H-pyrrole nitrogens is 1. The molecule has 0 saturated heterocycles. The lowest BCUT2D eigenvalue weighted by Crippen LogP contribution is -2.29. The molecule has 0 spiro atoms. The third-order valence-electron chi connectivity index (χ3n) is 3.15. The molecule has 1 unspecified atom stereocenters. The van der Waals surface area contributed by atoms with Crippen molar-refractivity contribution >= 4 is 28.6 Å². The van der Waals surface area contributed by atoms with Crippen molar-refractivity contribution in [2.75, 3.05) is 18.0 Å². The normalized spacial score (nSPS) is 12.9. The number of nitrogens with one attached hydrogen (secondary N) is 1. The van der Waals surface area contributed by atoms with Crippen LogP contribution in [0.5, 0.6) is 0 Å². The summed E-state index contributed by atoms with van der Waals surface area (Å²) in [4.78, 5) is 17.9. The summed E-state index contributed by atoms with van der Waals surface area (Å²) in [7, 11) is 0. The van der Waals surface area contributed by atoms with E-state index in [1.807, 2.05) is 0 Å². The molecular formula is C12H18ClN5. The van der Waals surface area contributed by atoms with Crippen LogP contribution in [0.4, 0.5) is 5.82 Å². The van der Waals surface area contributed by atoms with Crippen LogP contribution in [0, 0.1) is 5.92 Å². The molecule has 6 heteroatoms. The summed E-state index contributed by atoms with van der Waals surface area (Å²) in [6.07, 6.45) is 2.76. The lowest BCUT2D eigenvalue weighted by Gasteiger charge is -2.25. The highest BCUT2D eigenvalue weighted by Gasteiger charge is 2.16. The third-order valence-corrected chi connectivity index (χ3v) is 3.32. The largest absolute Gasteiger partial charge is 0.355 e. The number of aromatic nitrogens is 4. The Morgan fingerprint density at radius 1 is 1.39 bits per heavy atom. The maximum Gasteiger partial charge on any atom is 0.226 e. The van der Waals surface area contributed by atoms with Crippen LogP contribution in [0.2, 0.25) is 5.28 Å². The van der Waals surface area contributed by atoms with Crippen LogP contribution in [0.25, 0.3) is 11.2 Å². The minimum atomic E-state index is 0.243. The first-order valence-electron chi connectivity index (χ1n) is 6.27. The van der Waals surface area contributed by atoms with Crippen molar-refractivity contribution in [2.24, 2.45) is 5.92 Å². The number of aromatic amines is 1. The van der Waals surface area contributed by atoms with Gasteiger partial charge in [0.05, 0.1) is 6.33 Å². The minimum Gasteiger partial charge on any atom is -0.355 e. The van der Waals surface area contributed by atoms with E-state index in [1.54, 1.807) is 6.33 Å². The molecule has 0 radical (unpaired) electrons. The van der Waals surface area contributed by atoms with Gasteiger partial charge >= 0.3 is 0 Å². The summed E-state index contributed by atoms with van der Waals surface area (Å²) >= 11 is 5.95. The van der Waals surface area contributed by atoms with E-state index >= 15 is 0 Å². The fraction of sp³-hybridized carbons (Fsp3) is 0.583. The first-order valence-corrected chi connectivity index (χ1v) is 6.65. The molecule has 0 aliphatic rings. The zero-order chi connectivity index (χ0) is 13.1. The smallest absolute Gasteiger partial charge is 0.226 e. The van der Waals surface area contributed by atoms with E-state index in [0.717, 1.165) is 30.8 Å². The first kappa shape index (κ1) is 13.1. The maximum atomic E-state index is 5.95. The highest BCUT2D eigenvalue weighted by Crippen LogP contribution is 2.23. The SMILES string of the molecule is CCC(C)CN(CC)c1nc(Cl)nc2nc[nH]c12. The average Bonchev–Trinajstić information content (AvgIpc) is 2.82. The molecule has 0 aromatic carbocycles. The van der Waals surface area contributed by atoms with Crippen molar-refractivity contribution in [1.82, 2.24) is 19.9 Å². The van der Waals surface area contributed by atoms with Crippen molar-refractivity contribution in [1.29, 1.82) is 0 Å². The van der Waals surface area contributed by atoms with Gasteiger partial charge in [0, 0.05) is 13.1 Å². The zero-order valence-corrected chi connectivity index (χ0v) is 11.7. The predicted molar refractivity (Wildman–Crippen MR) is 74.0 cm³/mol. The monoisotopic (exact) mass is 267 g/mol. The summed E-state index contributed by atoms with van der Waals surface area (Å²) in [5.41, 5.74) is 1.47. The van der Waals surface area contributed by atoms with Crippen LogP contribution in [0.3, 0.4) is 0 Å². The number of anilines is 1. The molecule has 2 rings (SSSR count). The van der Waals surface area contributed by atoms with Gasteiger partial charge in [-0.15, -0.1) is 0 Å². The Morgan fingerprint density at radius 2 is 2.17 bits per heavy atom. The van der Waals surface area contributed by atoms with Gasteiger partial charge in [-0.1, -0.05) is 20.3 Å². The van der Waals surface area contributed by atoms with E-state index in [1.165, 1.54) is 0 Å². The summed E-state index contributed by atoms with van der Waals surface area (Å²) in [5.74, 6) is 1.45. The molecule has 5 nitrogen and oxygen atoms in total. The standard InChI is InChI=1S/C12H18ClN5/c1-4-8(3)6-18(5-2)11-9-10(15-7-14-9)16-12(13)17-11/h7-8H,4-6H2,1-3H3,(H,14,15,16,17). The third kappa shape index (κ3) is 2.56. The van der Waals surface area contributed by atoms with E-state index in [0.29, 0.717) is 11.6 Å². The van der Waals surface area contributed by atoms with Crippen molar-refractivity contribution < 1.29 is 0 Å². The van der Waals surface area contributed by atoms with E-state index in [2.05, 4.69) is 45.6 Å². The van der Waals surface area contributed by atoms with E-state index in [4.69, 9.17) is 11.6 Å². The molecule has 0 amide bonds. The predicted octanol–water partition coefficient (Wildman–Crippen LogP) is 2.88. The highest BCUT2D eigenvalue weighted by molar-refractivity contribution is 6.28. The zero-order valence-electron chi connectivity index (χ0n) is 10.9. The van der Waals surface area contributed by atoms with Gasteiger partial charge < -0.3 is 9.88 Å². The van der Waals surface area contributed by atoms with Gasteiger partial charge in [0.1, 0.15) is 5.52 Å². The van der Waals surface area contributed by atoms with Gasteiger partial charge in [0.2, 0.25) is 5.28 Å². The van der Waals surface area contributed by atoms with E-state index in [9.17, 15) is 0 Å². The second-order valence-corrected chi connectivity index (χ2v) is 4.81. The molecule has 2 aromatic heterocycles. The summed E-state index contributed by atoms with van der Waals surface area (Å²) in [6.45, 7) is 8.37. The van der Waals surface area contributed by atoms with Crippen LogP contribution in [-0.4, -0.2) is 33.0 Å². The van der Waals surface area contributed by atoms with Crippen LogP contribution in [0.1, 0.15) is 27.2 Å². The fourth-order valence-corrected chi connectivity index (χ4v) is 2.05. The van der Waals surface area contributed by atoms with E-state index in [-0.39, 0.29) is 5.28 Å². The number of hydrogen-bond donors (Lipinski definition) is 1. The molecular weight excluding hydrogens is 250 g/mol. The Bertz CT molecular complexity index is 524. The second-order valence-electron chi connectivity index (χ2n) is 4.47. The number of halogens is 1. The Kier molecular flexibility index (Phi) is 4.01. The summed E-state index contributed by atoms with van der Waals surface area (Å²) < 4.78 is 0. The lowest BCUT2D eigenvalue weighted by molar-refractivity contribution is 0.546. The average molecular weight is 268 g/mol. The quantitative estimate of drug-likeness (QED) is 0.847. The van der Waals surface area contributed by atoms with Gasteiger partial charge in [-0.05, 0) is 24.4 Å². The van der Waals surface area contributed by atoms with Gasteiger partial charge in [0.25, 0.3) is 0 Å². The van der Waals surface area contributed by atoms with Gasteiger partial charge in [-0.2, -0.15) is 9.97 Å². The second kappa shape index (κ2) is 5.52. The number of nitrogens with zero attached hydrogens (tertiary/aromatic N) is 4. The number of rotatable bonds is 5. The molecule has 0 aliphatic carbocycles. The molecule has 0 bridgehead atoms. The Morgan fingerprint density at radius 3 is 2.83 bits per heavy atom. The number of imidazole rings is 1. The number of hydrogen-bond acceptors (Lipinski definition) is 4. The summed E-state index contributed by atoms with van der Waals surface area (Å²) in [6, 6.07) is 0. The molecule has 18 heavy (non-hydrogen) atoms. The molecule has 0 aliphatic heterocycles. The van der Waals surface area contributed by atoms with Gasteiger partial charge in [0.15, 0.2) is 11.5 Å². The molecule has 2 heterocycles. The molecule has 1 N–H and O–H groups in total. The Labute approximate surface area is 112 Å². The Balaban J connectivity index is 2.40. The highest BCUT2D eigenvalue weighted by atomic mass is 35.5. The van der Waals surface area contributed by atoms with Crippen LogP contribution in [0.15, 0.2) is 6.33 Å². The molecule has 0 fully saturated rings. The van der Waals surface area contributed by atoms with E-state index < -0.39 is 0 Å². The molecule has 0 saturated carbocycles. The van der Waals surface area contributed by atoms with Crippen LogP contribution in [-0.2, 0) is 0 Å². The van der Waals surface area contributed by atoms with Crippen LogP contribution < -0.4 is 4.90 Å². The minimum absolute atomic E-state index is 0.243.